The average Bonchev–Trinajstić information content (AvgIpc) is 3.08. The molecule has 2 N–H and O–H groups in total. The third-order valence-electron chi connectivity index (χ3n) is 4.53. The van der Waals surface area contributed by atoms with E-state index in [0.717, 1.165) is 12.0 Å². The molecule has 6 heteroatoms. The summed E-state index contributed by atoms with van der Waals surface area (Å²) in [5.74, 6) is 0.122. The number of hydrogen-bond acceptors (Lipinski definition) is 3. The molecule has 4 aromatic rings. The normalized spacial score (nSPS) is 10.7. The highest BCUT2D eigenvalue weighted by molar-refractivity contribution is 6.04. The fourth-order valence-electron chi connectivity index (χ4n) is 3.19. The molecule has 4 rings (SSSR count). The maximum absolute atomic E-state index is 12.8. The molecule has 6 nitrogen and oxygen atoms in total. The molecule has 0 saturated carbocycles. The van der Waals surface area contributed by atoms with Crippen molar-refractivity contribution in [2.45, 2.75) is 13.3 Å². The molecule has 1 heterocycles. The Morgan fingerprint density at radius 3 is 2.21 bits per heavy atom. The first-order valence-electron chi connectivity index (χ1n) is 9.30. The van der Waals surface area contributed by atoms with E-state index in [1.807, 2.05) is 60.7 Å². The summed E-state index contributed by atoms with van der Waals surface area (Å²) in [5, 5.41) is 10.5. The Morgan fingerprint density at radius 1 is 0.828 bits per heavy atom. The van der Waals surface area contributed by atoms with Gasteiger partial charge in [-0.05, 0) is 41.8 Å². The van der Waals surface area contributed by atoms with Crippen LogP contribution in [-0.4, -0.2) is 21.7 Å². The lowest BCUT2D eigenvalue weighted by molar-refractivity contribution is -0.114. The van der Waals surface area contributed by atoms with E-state index < -0.39 is 6.03 Å². The van der Waals surface area contributed by atoms with Crippen LogP contribution in [0.25, 0.3) is 10.9 Å². The number of hydrogen-bond donors (Lipinski definition) is 2. The molecule has 0 saturated heterocycles. The van der Waals surface area contributed by atoms with Gasteiger partial charge in [0, 0.05) is 18.0 Å². The number of nitrogens with one attached hydrogen (secondary N) is 2. The Labute approximate surface area is 168 Å². The van der Waals surface area contributed by atoms with Crippen molar-refractivity contribution in [3.63, 3.8) is 0 Å². The minimum Gasteiger partial charge on any atom is -0.309 e. The van der Waals surface area contributed by atoms with Crippen molar-refractivity contribution < 1.29 is 9.59 Å². The van der Waals surface area contributed by atoms with Crippen LogP contribution in [0.5, 0.6) is 0 Å². The van der Waals surface area contributed by atoms with Gasteiger partial charge in [0.25, 0.3) is 0 Å². The molecular weight excluding hydrogens is 364 g/mol. The molecule has 0 aliphatic heterocycles. The molecule has 144 valence electrons. The Bertz CT molecular complexity index is 1160. The first-order valence-corrected chi connectivity index (χ1v) is 9.30. The fourth-order valence-corrected chi connectivity index (χ4v) is 3.19. The quantitative estimate of drug-likeness (QED) is 0.537. The van der Waals surface area contributed by atoms with Gasteiger partial charge in [-0.15, -0.1) is 5.10 Å². The van der Waals surface area contributed by atoms with Crippen LogP contribution in [0.15, 0.2) is 78.9 Å². The molecule has 0 unspecified atom stereocenters. The second kappa shape index (κ2) is 7.98. The van der Waals surface area contributed by atoms with Gasteiger partial charge in [-0.25, -0.2) is 4.79 Å². The third-order valence-corrected chi connectivity index (χ3v) is 4.53. The van der Waals surface area contributed by atoms with Gasteiger partial charge in [0.05, 0.1) is 5.52 Å². The summed E-state index contributed by atoms with van der Waals surface area (Å²) in [6.07, 6.45) is 0.832. The number of anilines is 2. The Balaban J connectivity index is 1.53. The van der Waals surface area contributed by atoms with Crippen molar-refractivity contribution in [3.8, 4) is 0 Å². The van der Waals surface area contributed by atoms with E-state index in [-0.39, 0.29) is 5.91 Å². The van der Waals surface area contributed by atoms with Crippen LogP contribution in [0.4, 0.5) is 16.3 Å². The van der Waals surface area contributed by atoms with Gasteiger partial charge in [-0.2, -0.15) is 4.68 Å². The first-order chi connectivity index (χ1) is 14.1. The zero-order valence-electron chi connectivity index (χ0n) is 15.9. The Morgan fingerprint density at radius 2 is 1.48 bits per heavy atom. The maximum atomic E-state index is 12.8. The molecule has 0 radical (unpaired) electrons. The van der Waals surface area contributed by atoms with Crippen LogP contribution in [0.3, 0.4) is 0 Å². The summed E-state index contributed by atoms with van der Waals surface area (Å²) in [6.45, 7) is 1.41. The lowest BCUT2D eigenvalue weighted by atomic mass is 10.0. The van der Waals surface area contributed by atoms with Crippen molar-refractivity contribution in [2.24, 2.45) is 0 Å². The van der Waals surface area contributed by atoms with Gasteiger partial charge in [0.15, 0.2) is 5.82 Å². The number of carbonyl (C=O) groups excluding carboxylic acids is 2. The summed E-state index contributed by atoms with van der Waals surface area (Å²) < 4.78 is 1.26. The number of aromatic nitrogens is 2. The SMILES string of the molecule is CC(=O)Nc1nn(C(=O)Nc2ccc(Cc3ccccc3)cc2)c2ccccc12. The van der Waals surface area contributed by atoms with Gasteiger partial charge >= 0.3 is 6.03 Å². The molecule has 0 aliphatic rings. The number of rotatable bonds is 4. The fraction of sp³-hybridized carbons (Fsp3) is 0.0870. The monoisotopic (exact) mass is 384 g/mol. The molecule has 29 heavy (non-hydrogen) atoms. The van der Waals surface area contributed by atoms with Crippen molar-refractivity contribution in [1.82, 2.24) is 9.78 Å². The van der Waals surface area contributed by atoms with E-state index in [1.165, 1.54) is 17.2 Å². The zero-order chi connectivity index (χ0) is 20.2. The van der Waals surface area contributed by atoms with E-state index in [9.17, 15) is 9.59 Å². The summed E-state index contributed by atoms with van der Waals surface area (Å²) in [4.78, 5) is 24.2. The molecule has 0 bridgehead atoms. The average molecular weight is 384 g/mol. The van der Waals surface area contributed by atoms with Crippen LogP contribution < -0.4 is 10.6 Å². The maximum Gasteiger partial charge on any atom is 0.347 e. The lowest BCUT2D eigenvalue weighted by Gasteiger charge is -2.07. The molecule has 2 amide bonds. The van der Waals surface area contributed by atoms with Crippen molar-refractivity contribution in [3.05, 3.63) is 90.0 Å². The second-order valence-corrected chi connectivity index (χ2v) is 6.75. The van der Waals surface area contributed by atoms with E-state index in [1.54, 1.807) is 6.07 Å². The van der Waals surface area contributed by atoms with Crippen LogP contribution >= 0.6 is 0 Å². The van der Waals surface area contributed by atoms with Gasteiger partial charge in [0.1, 0.15) is 0 Å². The van der Waals surface area contributed by atoms with Crippen LogP contribution in [0.1, 0.15) is 18.1 Å². The number of fused-ring (bicyclic) bond motifs is 1. The molecule has 0 fully saturated rings. The molecule has 0 atom stereocenters. The van der Waals surface area contributed by atoms with E-state index in [0.29, 0.717) is 22.4 Å². The van der Waals surface area contributed by atoms with Gasteiger partial charge < -0.3 is 10.6 Å². The number of benzene rings is 3. The smallest absolute Gasteiger partial charge is 0.309 e. The molecule has 0 aliphatic carbocycles. The third kappa shape index (κ3) is 4.16. The van der Waals surface area contributed by atoms with Crippen molar-refractivity contribution in [2.75, 3.05) is 10.6 Å². The first kappa shape index (κ1) is 18.4. The summed E-state index contributed by atoms with van der Waals surface area (Å²) >= 11 is 0. The van der Waals surface area contributed by atoms with Crippen molar-refractivity contribution >= 4 is 34.3 Å². The summed E-state index contributed by atoms with van der Waals surface area (Å²) in [6, 6.07) is 24.8. The van der Waals surface area contributed by atoms with Gasteiger partial charge in [-0.1, -0.05) is 54.6 Å². The minimum absolute atomic E-state index is 0.241. The van der Waals surface area contributed by atoms with Crippen LogP contribution in [-0.2, 0) is 11.2 Å². The number of nitrogens with zero attached hydrogens (tertiary/aromatic N) is 2. The highest BCUT2D eigenvalue weighted by Crippen LogP contribution is 2.23. The summed E-state index contributed by atoms with van der Waals surface area (Å²) in [7, 11) is 0. The van der Waals surface area contributed by atoms with Crippen LogP contribution in [0.2, 0.25) is 0 Å². The summed E-state index contributed by atoms with van der Waals surface area (Å²) in [5.41, 5.74) is 3.69. The number of amides is 2. The number of carbonyl (C=O) groups is 2. The van der Waals surface area contributed by atoms with E-state index in [2.05, 4.69) is 27.9 Å². The standard InChI is InChI=1S/C23H20N4O2/c1-16(28)24-22-20-9-5-6-10-21(20)27(26-22)23(29)25-19-13-11-18(12-14-19)15-17-7-3-2-4-8-17/h2-14H,15H2,1H3,(H,25,29)(H,24,26,28). The predicted molar refractivity (Wildman–Crippen MR) is 114 cm³/mol. The molecule has 0 spiro atoms. The van der Waals surface area contributed by atoms with E-state index >= 15 is 0 Å². The second-order valence-electron chi connectivity index (χ2n) is 6.75. The largest absolute Gasteiger partial charge is 0.347 e. The number of para-hydroxylation sites is 1. The Kier molecular flexibility index (Phi) is 5.07. The zero-order valence-corrected chi connectivity index (χ0v) is 15.9. The molecule has 1 aromatic heterocycles. The van der Waals surface area contributed by atoms with E-state index in [4.69, 9.17) is 0 Å². The lowest BCUT2D eigenvalue weighted by Crippen LogP contribution is -2.21. The van der Waals surface area contributed by atoms with Gasteiger partial charge in [-0.3, -0.25) is 4.79 Å². The molecular formula is C23H20N4O2. The molecule has 3 aromatic carbocycles. The van der Waals surface area contributed by atoms with Gasteiger partial charge in [0.2, 0.25) is 5.91 Å². The topological polar surface area (TPSA) is 76.0 Å². The Hall–Kier alpha value is -3.93. The van der Waals surface area contributed by atoms with Crippen molar-refractivity contribution in [1.29, 1.82) is 0 Å². The highest BCUT2D eigenvalue weighted by Gasteiger charge is 2.16. The minimum atomic E-state index is -0.395. The van der Waals surface area contributed by atoms with Crippen LogP contribution in [0, 0.1) is 0 Å². The predicted octanol–water partition coefficient (Wildman–Crippen LogP) is 4.67. The highest BCUT2D eigenvalue weighted by atomic mass is 16.2.